The first kappa shape index (κ1) is 19.9. The molecule has 0 saturated carbocycles. The lowest BCUT2D eigenvalue weighted by Crippen LogP contribution is -2.33. The molecule has 3 rings (SSSR count). The van der Waals surface area contributed by atoms with Crippen LogP contribution in [0, 0.1) is 0 Å². The number of hydrogen-bond acceptors (Lipinski definition) is 6. The summed E-state index contributed by atoms with van der Waals surface area (Å²) in [6.07, 6.45) is 0.733. The van der Waals surface area contributed by atoms with Crippen molar-refractivity contribution in [2.24, 2.45) is 5.10 Å². The minimum absolute atomic E-state index is 0.386. The van der Waals surface area contributed by atoms with Crippen LogP contribution in [-0.2, 0) is 9.59 Å². The van der Waals surface area contributed by atoms with E-state index in [4.69, 9.17) is 9.47 Å². The molecule has 7 nitrogen and oxygen atoms in total. The van der Waals surface area contributed by atoms with Crippen LogP contribution in [0.2, 0.25) is 0 Å². The van der Waals surface area contributed by atoms with Gasteiger partial charge in [-0.15, -0.1) is 0 Å². The van der Waals surface area contributed by atoms with Gasteiger partial charge in [-0.3, -0.25) is 4.79 Å². The fraction of sp³-hybridized carbons (Fsp3) is 0.136. The van der Waals surface area contributed by atoms with E-state index in [1.165, 1.54) is 6.21 Å². The minimum atomic E-state index is -1.29. The van der Waals surface area contributed by atoms with Crippen LogP contribution in [0.25, 0.3) is 10.8 Å². The van der Waals surface area contributed by atoms with Crippen LogP contribution in [0.15, 0.2) is 71.8 Å². The second-order valence-corrected chi connectivity index (χ2v) is 6.23. The zero-order valence-corrected chi connectivity index (χ0v) is 15.7. The molecule has 0 aromatic heterocycles. The van der Waals surface area contributed by atoms with E-state index in [-0.39, 0.29) is 5.91 Å². The predicted molar refractivity (Wildman–Crippen MR) is 107 cm³/mol. The highest BCUT2D eigenvalue weighted by Gasteiger charge is 2.14. The van der Waals surface area contributed by atoms with Gasteiger partial charge in [-0.05, 0) is 59.7 Å². The molecule has 7 heteroatoms. The normalized spacial score (nSPS) is 11.9. The van der Waals surface area contributed by atoms with Crippen molar-refractivity contribution in [3.8, 4) is 11.5 Å². The second-order valence-electron chi connectivity index (χ2n) is 6.23. The van der Waals surface area contributed by atoms with Gasteiger partial charge in [0.15, 0.2) is 6.10 Å². The van der Waals surface area contributed by atoms with Crippen LogP contribution in [0.4, 0.5) is 0 Å². The number of carboxylic acid groups (broad SMARTS) is 1. The van der Waals surface area contributed by atoms with Gasteiger partial charge in [-0.1, -0.05) is 30.3 Å². The van der Waals surface area contributed by atoms with Gasteiger partial charge in [0.25, 0.3) is 5.91 Å². The summed E-state index contributed by atoms with van der Waals surface area (Å²) in [6.45, 7) is 1.13. The van der Waals surface area contributed by atoms with Gasteiger partial charge in [0.2, 0.25) is 0 Å². The molecule has 1 amide bonds. The molecule has 0 radical (unpaired) electrons. The summed E-state index contributed by atoms with van der Waals surface area (Å²) in [5, 5.41) is 16.4. The Morgan fingerprint density at radius 1 is 1.03 bits per heavy atom. The summed E-state index contributed by atoms with van der Waals surface area (Å²) in [6, 6.07) is 20.1. The zero-order chi connectivity index (χ0) is 20.6. The number of ether oxygens (including phenoxy) is 2. The van der Waals surface area contributed by atoms with Crippen LogP contribution in [0.3, 0.4) is 0 Å². The van der Waals surface area contributed by atoms with E-state index in [0.717, 1.165) is 10.8 Å². The average Bonchev–Trinajstić information content (AvgIpc) is 2.73. The number of fused-ring (bicyclic) bond motifs is 1. The standard InChI is InChI=1S/C22H20N2O5/c1-15(29-20-11-8-17-4-2-3-5-18(17)12-20)22(27)24-23-13-16-6-9-19(10-7-16)28-14-21(25)26/h2-13,15H,14H2,1H3,(H,24,27)(H,25,26)/p-1/b23-13-/t15-/m0/s1. The Morgan fingerprint density at radius 2 is 1.72 bits per heavy atom. The van der Waals surface area contributed by atoms with Crippen molar-refractivity contribution in [1.82, 2.24) is 5.43 Å². The molecular weight excluding hydrogens is 372 g/mol. The predicted octanol–water partition coefficient (Wildman–Crippen LogP) is 1.89. The third-order valence-electron chi connectivity index (χ3n) is 4.03. The van der Waals surface area contributed by atoms with E-state index in [1.807, 2.05) is 42.5 Å². The lowest BCUT2D eigenvalue weighted by molar-refractivity contribution is -0.307. The summed E-state index contributed by atoms with van der Waals surface area (Å²) in [5.74, 6) is -0.683. The molecule has 0 aliphatic carbocycles. The number of nitrogens with zero attached hydrogens (tertiary/aromatic N) is 1. The topological polar surface area (TPSA) is 100 Å². The van der Waals surface area contributed by atoms with Crippen molar-refractivity contribution in [1.29, 1.82) is 0 Å². The molecule has 0 fully saturated rings. The third kappa shape index (κ3) is 5.80. The van der Waals surface area contributed by atoms with Crippen LogP contribution in [0.1, 0.15) is 12.5 Å². The number of benzene rings is 3. The number of aliphatic carboxylic acids is 1. The lowest BCUT2D eigenvalue weighted by atomic mass is 10.1. The third-order valence-corrected chi connectivity index (χ3v) is 4.03. The van der Waals surface area contributed by atoms with Crippen LogP contribution in [0.5, 0.6) is 11.5 Å². The molecule has 0 saturated heterocycles. The molecule has 0 aliphatic heterocycles. The Kier molecular flexibility index (Phi) is 6.42. The lowest BCUT2D eigenvalue weighted by Gasteiger charge is -2.13. The van der Waals surface area contributed by atoms with Gasteiger partial charge >= 0.3 is 0 Å². The van der Waals surface area contributed by atoms with Crippen LogP contribution >= 0.6 is 0 Å². The molecule has 0 aliphatic rings. The first-order chi connectivity index (χ1) is 14.0. The molecule has 1 atom stereocenters. The molecular formula is C22H19N2O5-. The van der Waals surface area contributed by atoms with Crippen molar-refractivity contribution in [2.75, 3.05) is 6.61 Å². The molecule has 3 aromatic rings. The highest BCUT2D eigenvalue weighted by Crippen LogP contribution is 2.21. The zero-order valence-electron chi connectivity index (χ0n) is 15.7. The Morgan fingerprint density at radius 3 is 2.45 bits per heavy atom. The largest absolute Gasteiger partial charge is 0.546 e. The first-order valence-corrected chi connectivity index (χ1v) is 8.92. The van der Waals surface area contributed by atoms with Crippen molar-refractivity contribution < 1.29 is 24.2 Å². The number of carbonyl (C=O) groups excluding carboxylic acids is 2. The average molecular weight is 391 g/mol. The first-order valence-electron chi connectivity index (χ1n) is 8.92. The fourth-order valence-corrected chi connectivity index (χ4v) is 2.55. The Hall–Kier alpha value is -3.87. The molecule has 0 spiro atoms. The van der Waals surface area contributed by atoms with E-state index in [9.17, 15) is 14.7 Å². The number of carboxylic acids is 1. The second kappa shape index (κ2) is 9.36. The quantitative estimate of drug-likeness (QED) is 0.467. The van der Waals surface area contributed by atoms with E-state index < -0.39 is 18.7 Å². The fourth-order valence-electron chi connectivity index (χ4n) is 2.55. The van der Waals surface area contributed by atoms with Gasteiger partial charge in [0, 0.05) is 0 Å². The van der Waals surface area contributed by atoms with E-state index >= 15 is 0 Å². The van der Waals surface area contributed by atoms with E-state index in [0.29, 0.717) is 17.1 Å². The maximum absolute atomic E-state index is 12.2. The molecule has 0 unspecified atom stereocenters. The van der Waals surface area contributed by atoms with Gasteiger partial charge in [0.1, 0.15) is 18.1 Å². The molecule has 3 aromatic carbocycles. The Balaban J connectivity index is 1.51. The van der Waals surface area contributed by atoms with Crippen LogP contribution in [-0.4, -0.2) is 30.8 Å². The van der Waals surface area contributed by atoms with E-state index in [1.54, 1.807) is 31.2 Å². The molecule has 29 heavy (non-hydrogen) atoms. The SMILES string of the molecule is C[C@H](Oc1ccc2ccccc2c1)C(=O)N/N=C\c1ccc(OCC(=O)[O-])cc1. The number of hydrogen-bond donors (Lipinski definition) is 1. The highest BCUT2D eigenvalue weighted by molar-refractivity contribution is 5.85. The van der Waals surface area contributed by atoms with Crippen molar-refractivity contribution in [3.05, 3.63) is 72.3 Å². The maximum atomic E-state index is 12.2. The highest BCUT2D eigenvalue weighted by atomic mass is 16.5. The molecule has 1 N–H and O–H groups in total. The van der Waals surface area contributed by atoms with Crippen LogP contribution < -0.4 is 20.0 Å². The van der Waals surface area contributed by atoms with Gasteiger partial charge in [-0.2, -0.15) is 5.10 Å². The molecule has 148 valence electrons. The van der Waals surface area contributed by atoms with Gasteiger partial charge in [0.05, 0.1) is 12.2 Å². The maximum Gasteiger partial charge on any atom is 0.280 e. The minimum Gasteiger partial charge on any atom is -0.546 e. The molecule has 0 heterocycles. The summed E-state index contributed by atoms with van der Waals surface area (Å²) < 4.78 is 10.7. The number of carbonyl (C=O) groups is 2. The summed E-state index contributed by atoms with van der Waals surface area (Å²) >= 11 is 0. The summed E-state index contributed by atoms with van der Waals surface area (Å²) in [5.41, 5.74) is 3.13. The number of rotatable bonds is 8. The van der Waals surface area contributed by atoms with Crippen molar-refractivity contribution in [3.63, 3.8) is 0 Å². The number of hydrazone groups is 1. The number of nitrogens with one attached hydrogen (secondary N) is 1. The summed E-state index contributed by atoms with van der Waals surface area (Å²) in [4.78, 5) is 22.5. The number of amides is 1. The van der Waals surface area contributed by atoms with Crippen molar-refractivity contribution in [2.45, 2.75) is 13.0 Å². The smallest absolute Gasteiger partial charge is 0.280 e. The van der Waals surface area contributed by atoms with Gasteiger partial charge in [-0.25, -0.2) is 5.43 Å². The monoisotopic (exact) mass is 391 g/mol. The molecule has 0 bridgehead atoms. The van der Waals surface area contributed by atoms with E-state index in [2.05, 4.69) is 10.5 Å². The van der Waals surface area contributed by atoms with Crippen molar-refractivity contribution >= 4 is 28.9 Å². The van der Waals surface area contributed by atoms with Gasteiger partial charge < -0.3 is 19.4 Å². The Bertz CT molecular complexity index is 1030. The Labute approximate surface area is 167 Å². The summed E-state index contributed by atoms with van der Waals surface area (Å²) in [7, 11) is 0.